The first-order valence-corrected chi connectivity index (χ1v) is 14.1. The summed E-state index contributed by atoms with van der Waals surface area (Å²) in [5.74, 6) is -0.515. The molecule has 1 atom stereocenters. The van der Waals surface area contributed by atoms with Crippen LogP contribution in [0.4, 0.5) is 18.0 Å². The topological polar surface area (TPSA) is 77.0 Å². The Balaban J connectivity index is 1.69. The Bertz CT molecular complexity index is 1340. The van der Waals surface area contributed by atoms with E-state index in [1.807, 2.05) is 0 Å². The van der Waals surface area contributed by atoms with Gasteiger partial charge in [0.25, 0.3) is 5.60 Å². The molecule has 1 aliphatic carbocycles. The second kappa shape index (κ2) is 10.2. The smallest absolute Gasteiger partial charge is 0.438 e. The monoisotopic (exact) mass is 712 g/mol. The number of hydrogen-bond donors (Lipinski definition) is 1. The van der Waals surface area contributed by atoms with Crippen LogP contribution in [-0.2, 0) is 26.4 Å². The second-order valence-electron chi connectivity index (χ2n) is 10.5. The summed E-state index contributed by atoms with van der Waals surface area (Å²) < 4.78 is 47.6. The van der Waals surface area contributed by atoms with Crippen LogP contribution in [0.15, 0.2) is 47.6 Å². The van der Waals surface area contributed by atoms with Crippen LogP contribution in [0.2, 0.25) is 10.0 Å². The number of rotatable bonds is 5. The molecule has 39 heavy (non-hydrogen) atoms. The van der Waals surface area contributed by atoms with E-state index in [1.54, 1.807) is 45.0 Å². The number of imide groups is 1. The van der Waals surface area contributed by atoms with Crippen molar-refractivity contribution in [3.8, 4) is 0 Å². The van der Waals surface area contributed by atoms with Crippen molar-refractivity contribution >= 4 is 72.8 Å². The summed E-state index contributed by atoms with van der Waals surface area (Å²) >= 11 is 18.5. The second-order valence-corrected chi connectivity index (χ2v) is 14.8. The molecule has 2 aliphatic rings. The largest absolute Gasteiger partial charge is 0.444 e. The molecule has 1 N–H and O–H groups in total. The van der Waals surface area contributed by atoms with E-state index < -0.39 is 38.0 Å². The molecule has 13 heteroatoms. The Morgan fingerprint density at radius 1 is 1.08 bits per heavy atom. The normalized spacial score (nSPS) is 21.5. The summed E-state index contributed by atoms with van der Waals surface area (Å²) in [6.45, 7) is 5.03. The minimum absolute atomic E-state index is 0.0129. The number of carbonyl (C=O) groups is 2. The molecule has 0 saturated heterocycles. The van der Waals surface area contributed by atoms with Gasteiger partial charge in [-0.15, -0.1) is 0 Å². The highest BCUT2D eigenvalue weighted by atomic mass is 79.9. The lowest BCUT2D eigenvalue weighted by Crippen LogP contribution is -2.55. The first-order valence-electron chi connectivity index (χ1n) is 11.7. The third-order valence-electron chi connectivity index (χ3n) is 6.43. The minimum atomic E-state index is -4.99. The van der Waals surface area contributed by atoms with Crippen LogP contribution >= 0.6 is 55.1 Å². The molecule has 1 heterocycles. The maximum atomic E-state index is 14.8. The Hall–Kier alpha value is -1.82. The summed E-state index contributed by atoms with van der Waals surface area (Å²) in [5, 5.41) is 6.16. The number of nitrogens with zero attached hydrogens (tertiary/aromatic N) is 1. The first-order chi connectivity index (χ1) is 17.9. The number of halogens is 7. The lowest BCUT2D eigenvalue weighted by atomic mass is 9.84. The number of benzene rings is 2. The molecule has 0 spiro atoms. The molecule has 6 nitrogen and oxygen atoms in total. The maximum Gasteiger partial charge on any atom is 0.438 e. The summed E-state index contributed by atoms with van der Waals surface area (Å²) in [5.41, 5.74) is -4.36. The van der Waals surface area contributed by atoms with Gasteiger partial charge in [-0.3, -0.25) is 10.1 Å². The van der Waals surface area contributed by atoms with Crippen molar-refractivity contribution in [1.29, 1.82) is 0 Å². The fraction of sp³-hybridized carbons (Fsp3) is 0.423. The van der Waals surface area contributed by atoms with Crippen LogP contribution in [0, 0.1) is 5.41 Å². The fourth-order valence-corrected chi connectivity index (χ4v) is 6.58. The van der Waals surface area contributed by atoms with E-state index in [9.17, 15) is 22.8 Å². The van der Waals surface area contributed by atoms with Gasteiger partial charge in [0.05, 0.1) is 5.41 Å². The number of ether oxygens (including phenoxy) is 1. The van der Waals surface area contributed by atoms with Crippen molar-refractivity contribution in [2.45, 2.75) is 60.6 Å². The highest BCUT2D eigenvalue weighted by Crippen LogP contribution is 2.61. The van der Waals surface area contributed by atoms with Gasteiger partial charge in [0.15, 0.2) is 3.23 Å². The number of alkyl halides is 5. The van der Waals surface area contributed by atoms with E-state index in [0.29, 0.717) is 24.0 Å². The molecule has 2 aromatic carbocycles. The molecule has 2 aromatic rings. The van der Waals surface area contributed by atoms with Crippen LogP contribution in [-0.4, -0.2) is 32.7 Å². The summed E-state index contributed by atoms with van der Waals surface area (Å²) in [7, 11) is 0. The maximum absolute atomic E-state index is 14.8. The zero-order valence-electron chi connectivity index (χ0n) is 20.9. The van der Waals surface area contributed by atoms with Crippen LogP contribution in [0.1, 0.15) is 50.3 Å². The number of nitrogens with one attached hydrogen (secondary N) is 1. The van der Waals surface area contributed by atoms with Crippen LogP contribution in [0.25, 0.3) is 0 Å². The SMILES string of the molecule is CC(C)(C)OC(=O)NC(=O)C1(Cc2ccccc2C2=NOC(c3cc(Cl)cc(Cl)c3)(C(F)(F)F)C2(Br)Br)CC1. The Morgan fingerprint density at radius 3 is 2.21 bits per heavy atom. The highest BCUT2D eigenvalue weighted by molar-refractivity contribution is 9.26. The zero-order valence-corrected chi connectivity index (χ0v) is 25.6. The Morgan fingerprint density at radius 2 is 1.67 bits per heavy atom. The van der Waals surface area contributed by atoms with E-state index >= 15 is 0 Å². The lowest BCUT2D eigenvalue weighted by Gasteiger charge is -2.38. The molecule has 4 rings (SSSR count). The summed E-state index contributed by atoms with van der Waals surface area (Å²) in [6.07, 6.45) is -4.73. The van der Waals surface area contributed by atoms with E-state index in [0.717, 1.165) is 12.1 Å². The minimum Gasteiger partial charge on any atom is -0.444 e. The van der Waals surface area contributed by atoms with E-state index in [4.69, 9.17) is 32.8 Å². The van der Waals surface area contributed by atoms with Crippen molar-refractivity contribution in [2.24, 2.45) is 10.6 Å². The van der Waals surface area contributed by atoms with Gasteiger partial charge in [0.1, 0.15) is 11.3 Å². The number of oxime groups is 1. The molecular formula is C26H23Br2Cl2F3N2O4. The van der Waals surface area contributed by atoms with Crippen LogP contribution in [0.5, 0.6) is 0 Å². The van der Waals surface area contributed by atoms with Crippen LogP contribution in [0.3, 0.4) is 0 Å². The molecule has 1 unspecified atom stereocenters. The molecule has 0 aromatic heterocycles. The summed E-state index contributed by atoms with van der Waals surface area (Å²) in [4.78, 5) is 30.4. The quantitative estimate of drug-likeness (QED) is 0.318. The number of hydrogen-bond acceptors (Lipinski definition) is 5. The first kappa shape index (κ1) is 30.1. The molecule has 1 saturated carbocycles. The van der Waals surface area contributed by atoms with Gasteiger partial charge in [-0.25, -0.2) is 4.79 Å². The molecule has 1 aliphatic heterocycles. The van der Waals surface area contributed by atoms with Crippen LogP contribution < -0.4 is 5.32 Å². The van der Waals surface area contributed by atoms with Crippen molar-refractivity contribution in [2.75, 3.05) is 0 Å². The molecule has 0 radical (unpaired) electrons. The zero-order chi connectivity index (χ0) is 29.0. The third-order valence-corrected chi connectivity index (χ3v) is 8.74. The van der Waals surface area contributed by atoms with Crippen molar-refractivity contribution in [3.63, 3.8) is 0 Å². The Labute approximate surface area is 249 Å². The van der Waals surface area contributed by atoms with Gasteiger partial charge in [0.2, 0.25) is 5.91 Å². The number of amides is 2. The van der Waals surface area contributed by atoms with Crippen molar-refractivity contribution in [1.82, 2.24) is 5.32 Å². The number of alkyl carbamates (subject to hydrolysis) is 1. The van der Waals surface area contributed by atoms with E-state index in [1.165, 1.54) is 6.07 Å². The fourth-order valence-electron chi connectivity index (χ4n) is 4.43. The van der Waals surface area contributed by atoms with Gasteiger partial charge in [-0.1, -0.05) is 84.5 Å². The average Bonchev–Trinajstić information content (AvgIpc) is 3.48. The lowest BCUT2D eigenvalue weighted by molar-refractivity contribution is -0.275. The van der Waals surface area contributed by atoms with Gasteiger partial charge < -0.3 is 9.57 Å². The number of carbonyl (C=O) groups excluding carboxylic acids is 2. The van der Waals surface area contributed by atoms with Gasteiger partial charge in [0, 0.05) is 21.2 Å². The third kappa shape index (κ3) is 5.69. The predicted molar refractivity (Wildman–Crippen MR) is 149 cm³/mol. The average molecular weight is 715 g/mol. The summed E-state index contributed by atoms with van der Waals surface area (Å²) in [6, 6.07) is 10.2. The molecular weight excluding hydrogens is 692 g/mol. The van der Waals surface area contributed by atoms with E-state index in [2.05, 4.69) is 42.3 Å². The van der Waals surface area contributed by atoms with Gasteiger partial charge in [-0.2, -0.15) is 13.2 Å². The molecule has 0 bridgehead atoms. The Kier molecular flexibility index (Phi) is 7.90. The standard InChI is InChI=1S/C26H23Br2Cl2F3N2O4/c1-22(2,3)38-21(37)34-20(36)23(8-9-23)13-14-6-4-5-7-18(14)19-25(27,28)24(39-35-19,26(31,32)33)15-10-16(29)12-17(30)11-15/h4-7,10-12H,8-9,13H2,1-3H3,(H,34,36,37). The highest BCUT2D eigenvalue weighted by Gasteiger charge is 2.75. The van der Waals surface area contributed by atoms with Gasteiger partial charge in [-0.05, 0) is 63.8 Å². The van der Waals surface area contributed by atoms with E-state index in [-0.39, 0.29) is 27.7 Å². The van der Waals surface area contributed by atoms with Crippen molar-refractivity contribution < 1.29 is 32.3 Å². The van der Waals surface area contributed by atoms with Gasteiger partial charge >= 0.3 is 12.3 Å². The molecule has 2 amide bonds. The van der Waals surface area contributed by atoms with Crippen molar-refractivity contribution in [3.05, 3.63) is 69.2 Å². The molecule has 210 valence electrons. The molecule has 1 fully saturated rings. The predicted octanol–water partition coefficient (Wildman–Crippen LogP) is 8.05.